The molecule has 1 heterocycles. The fourth-order valence-corrected chi connectivity index (χ4v) is 1.61. The summed E-state index contributed by atoms with van der Waals surface area (Å²) in [6.07, 6.45) is 3.53. The molecule has 15 heavy (non-hydrogen) atoms. The Bertz CT molecular complexity index is 243. The van der Waals surface area contributed by atoms with Crippen molar-refractivity contribution in [3.05, 3.63) is 12.2 Å². The topological polar surface area (TPSA) is 41.6 Å². The molecule has 4 nitrogen and oxygen atoms in total. The summed E-state index contributed by atoms with van der Waals surface area (Å²) in [5.74, 6) is -0.0589. The van der Waals surface area contributed by atoms with Crippen LogP contribution in [0.2, 0.25) is 0 Å². The third-order valence-electron chi connectivity index (χ3n) is 2.72. The van der Waals surface area contributed by atoms with Crippen LogP contribution < -0.4 is 5.32 Å². The molecule has 1 aliphatic heterocycles. The van der Waals surface area contributed by atoms with Crippen LogP contribution in [0.4, 0.5) is 0 Å². The fraction of sp³-hybridized carbons (Fsp3) is 0.727. The maximum absolute atomic E-state index is 11.1. The quantitative estimate of drug-likeness (QED) is 0.688. The van der Waals surface area contributed by atoms with E-state index < -0.39 is 0 Å². The molecule has 1 fully saturated rings. The van der Waals surface area contributed by atoms with Gasteiger partial charge in [0, 0.05) is 31.8 Å². The van der Waals surface area contributed by atoms with Crippen molar-refractivity contribution in [2.75, 3.05) is 33.4 Å². The lowest BCUT2D eigenvalue weighted by Crippen LogP contribution is -2.48. The van der Waals surface area contributed by atoms with E-state index in [1.54, 1.807) is 13.1 Å². The second kappa shape index (κ2) is 5.28. The summed E-state index contributed by atoms with van der Waals surface area (Å²) >= 11 is 0. The molecule has 0 atom stereocenters. The van der Waals surface area contributed by atoms with Crippen molar-refractivity contribution in [3.8, 4) is 0 Å². The van der Waals surface area contributed by atoms with E-state index in [0.717, 1.165) is 26.3 Å². The van der Waals surface area contributed by atoms with Crippen LogP contribution in [0.5, 0.6) is 0 Å². The zero-order valence-corrected chi connectivity index (χ0v) is 9.75. The zero-order valence-electron chi connectivity index (χ0n) is 9.75. The number of hydrogen-bond donors (Lipinski definition) is 1. The molecule has 1 rings (SSSR count). The van der Waals surface area contributed by atoms with Crippen LogP contribution in [-0.2, 0) is 9.53 Å². The average Bonchev–Trinajstić information content (AvgIpc) is 2.27. The molecule has 1 saturated heterocycles. The van der Waals surface area contributed by atoms with Crippen LogP contribution >= 0.6 is 0 Å². The lowest BCUT2D eigenvalue weighted by atomic mass is 10.0. The molecule has 1 aliphatic rings. The van der Waals surface area contributed by atoms with Gasteiger partial charge in [0.25, 0.3) is 0 Å². The number of hydrogen-bond acceptors (Lipinski definition) is 3. The van der Waals surface area contributed by atoms with Crippen molar-refractivity contribution in [3.63, 3.8) is 0 Å². The molecule has 0 radical (unpaired) electrons. The SMILES string of the molecule is CNC(=O)C=CC(C)(C)N1CCOCC1. The molecule has 0 saturated carbocycles. The van der Waals surface area contributed by atoms with Gasteiger partial charge in [-0.1, -0.05) is 6.08 Å². The van der Waals surface area contributed by atoms with Gasteiger partial charge >= 0.3 is 0 Å². The Balaban J connectivity index is 2.56. The van der Waals surface area contributed by atoms with Gasteiger partial charge in [-0.05, 0) is 13.8 Å². The summed E-state index contributed by atoms with van der Waals surface area (Å²) in [6.45, 7) is 7.61. The van der Waals surface area contributed by atoms with Gasteiger partial charge in [-0.3, -0.25) is 9.69 Å². The number of amides is 1. The molecule has 86 valence electrons. The van der Waals surface area contributed by atoms with Crippen LogP contribution in [0, 0.1) is 0 Å². The van der Waals surface area contributed by atoms with Crippen molar-refractivity contribution in [2.24, 2.45) is 0 Å². The van der Waals surface area contributed by atoms with Gasteiger partial charge in [-0.25, -0.2) is 0 Å². The standard InChI is InChI=1S/C11H20N2O2/c1-11(2,5-4-10(14)12-3)13-6-8-15-9-7-13/h4-5H,6-9H2,1-3H3,(H,12,14). The van der Waals surface area contributed by atoms with Gasteiger partial charge in [0.15, 0.2) is 0 Å². The van der Waals surface area contributed by atoms with Gasteiger partial charge < -0.3 is 10.1 Å². The number of nitrogens with zero attached hydrogens (tertiary/aromatic N) is 1. The van der Waals surface area contributed by atoms with E-state index in [1.807, 2.05) is 6.08 Å². The lowest BCUT2D eigenvalue weighted by Gasteiger charge is -2.38. The Hall–Kier alpha value is -0.870. The molecule has 1 N–H and O–H groups in total. The lowest BCUT2D eigenvalue weighted by molar-refractivity contribution is -0.116. The Morgan fingerprint density at radius 1 is 1.40 bits per heavy atom. The summed E-state index contributed by atoms with van der Waals surface area (Å²) in [5.41, 5.74) is -0.0870. The molecule has 0 unspecified atom stereocenters. The highest BCUT2D eigenvalue weighted by Gasteiger charge is 2.25. The van der Waals surface area contributed by atoms with Crippen LogP contribution in [0.1, 0.15) is 13.8 Å². The van der Waals surface area contributed by atoms with Crippen LogP contribution in [0.3, 0.4) is 0 Å². The van der Waals surface area contributed by atoms with E-state index in [1.165, 1.54) is 0 Å². The number of ether oxygens (including phenoxy) is 1. The van der Waals surface area contributed by atoms with Gasteiger partial charge in [0.05, 0.1) is 13.2 Å². The predicted molar refractivity (Wildman–Crippen MR) is 59.7 cm³/mol. The first-order chi connectivity index (χ1) is 7.06. The fourth-order valence-electron chi connectivity index (χ4n) is 1.61. The molecular formula is C11H20N2O2. The van der Waals surface area contributed by atoms with E-state index in [0.29, 0.717) is 0 Å². The Morgan fingerprint density at radius 2 is 2.00 bits per heavy atom. The maximum Gasteiger partial charge on any atom is 0.243 e. The monoisotopic (exact) mass is 212 g/mol. The normalized spacial score (nSPS) is 19.4. The number of nitrogens with one attached hydrogen (secondary N) is 1. The second-order valence-corrected chi connectivity index (χ2v) is 4.20. The first kappa shape index (κ1) is 12.2. The third-order valence-corrected chi connectivity index (χ3v) is 2.72. The number of carbonyl (C=O) groups is 1. The van der Waals surface area contributed by atoms with Crippen molar-refractivity contribution in [2.45, 2.75) is 19.4 Å². The molecule has 0 aromatic heterocycles. The predicted octanol–water partition coefficient (Wildman–Crippen LogP) is 0.399. The van der Waals surface area contributed by atoms with Crippen molar-refractivity contribution in [1.82, 2.24) is 10.2 Å². The second-order valence-electron chi connectivity index (χ2n) is 4.20. The van der Waals surface area contributed by atoms with Crippen molar-refractivity contribution < 1.29 is 9.53 Å². The molecule has 0 spiro atoms. The minimum absolute atomic E-state index is 0.0589. The summed E-state index contributed by atoms with van der Waals surface area (Å²) in [4.78, 5) is 13.4. The number of carbonyl (C=O) groups excluding carboxylic acids is 1. The van der Waals surface area contributed by atoms with E-state index >= 15 is 0 Å². The van der Waals surface area contributed by atoms with Gasteiger partial charge in [0.1, 0.15) is 0 Å². The summed E-state index contributed by atoms with van der Waals surface area (Å²) in [6, 6.07) is 0. The third kappa shape index (κ3) is 3.64. The molecule has 0 bridgehead atoms. The van der Waals surface area contributed by atoms with Crippen molar-refractivity contribution >= 4 is 5.91 Å². The smallest absolute Gasteiger partial charge is 0.243 e. The average molecular weight is 212 g/mol. The molecular weight excluding hydrogens is 192 g/mol. The number of likely N-dealkylation sites (N-methyl/N-ethyl adjacent to an activating group) is 1. The highest BCUT2D eigenvalue weighted by Crippen LogP contribution is 2.17. The first-order valence-corrected chi connectivity index (χ1v) is 5.30. The van der Waals surface area contributed by atoms with Gasteiger partial charge in [0.2, 0.25) is 5.91 Å². The highest BCUT2D eigenvalue weighted by molar-refractivity contribution is 5.87. The van der Waals surface area contributed by atoms with E-state index in [-0.39, 0.29) is 11.4 Å². The molecule has 0 aromatic rings. The van der Waals surface area contributed by atoms with Crippen LogP contribution in [-0.4, -0.2) is 49.7 Å². The molecule has 0 aliphatic carbocycles. The van der Waals surface area contributed by atoms with E-state index in [4.69, 9.17) is 4.74 Å². The van der Waals surface area contributed by atoms with E-state index in [2.05, 4.69) is 24.1 Å². The van der Waals surface area contributed by atoms with E-state index in [9.17, 15) is 4.79 Å². The van der Waals surface area contributed by atoms with Gasteiger partial charge in [-0.2, -0.15) is 0 Å². The number of rotatable bonds is 3. The summed E-state index contributed by atoms with van der Waals surface area (Å²) < 4.78 is 5.30. The first-order valence-electron chi connectivity index (χ1n) is 5.30. The van der Waals surface area contributed by atoms with Crippen LogP contribution in [0.25, 0.3) is 0 Å². The number of morpholine rings is 1. The Morgan fingerprint density at radius 3 is 2.53 bits per heavy atom. The largest absolute Gasteiger partial charge is 0.379 e. The highest BCUT2D eigenvalue weighted by atomic mass is 16.5. The molecule has 4 heteroatoms. The summed E-state index contributed by atoms with van der Waals surface area (Å²) in [7, 11) is 1.63. The summed E-state index contributed by atoms with van der Waals surface area (Å²) in [5, 5.41) is 2.57. The minimum Gasteiger partial charge on any atom is -0.379 e. The molecule has 1 amide bonds. The zero-order chi connectivity index (χ0) is 11.3. The van der Waals surface area contributed by atoms with Crippen molar-refractivity contribution in [1.29, 1.82) is 0 Å². The Labute approximate surface area is 91.3 Å². The van der Waals surface area contributed by atoms with Crippen LogP contribution in [0.15, 0.2) is 12.2 Å². The van der Waals surface area contributed by atoms with Gasteiger partial charge in [-0.15, -0.1) is 0 Å². The Kier molecular flexibility index (Phi) is 4.29. The minimum atomic E-state index is -0.0870. The molecule has 0 aromatic carbocycles. The maximum atomic E-state index is 11.1.